The number of hydrogen-bond acceptors (Lipinski definition) is 9. The first-order valence-corrected chi connectivity index (χ1v) is 12.0. The Labute approximate surface area is 207 Å². The van der Waals surface area contributed by atoms with Crippen molar-refractivity contribution in [3.8, 4) is 11.5 Å². The van der Waals surface area contributed by atoms with Crippen molar-refractivity contribution in [2.24, 2.45) is 0 Å². The maximum atomic E-state index is 13.5. The minimum atomic E-state index is -0.423. The number of nitrogens with one attached hydrogen (secondary N) is 1. The lowest BCUT2D eigenvalue weighted by Gasteiger charge is -2.39. The molecule has 4 heterocycles. The van der Waals surface area contributed by atoms with Crippen LogP contribution in [0.2, 0.25) is 0 Å². The number of hydrogen-bond donors (Lipinski definition) is 1. The van der Waals surface area contributed by atoms with Crippen LogP contribution in [0.1, 0.15) is 17.4 Å². The Morgan fingerprint density at radius 1 is 1.06 bits per heavy atom. The van der Waals surface area contributed by atoms with Crippen LogP contribution in [0.25, 0.3) is 10.9 Å². The van der Waals surface area contributed by atoms with E-state index in [9.17, 15) is 4.79 Å². The summed E-state index contributed by atoms with van der Waals surface area (Å²) in [6.07, 6.45) is 0. The first-order valence-electron chi connectivity index (χ1n) is 12.0. The van der Waals surface area contributed by atoms with Crippen molar-refractivity contribution in [2.75, 3.05) is 51.6 Å². The maximum Gasteiger partial charge on any atom is 0.253 e. The molecule has 0 amide bonds. The van der Waals surface area contributed by atoms with Gasteiger partial charge in [0.2, 0.25) is 6.79 Å². The molecule has 6 rings (SSSR count). The quantitative estimate of drug-likeness (QED) is 0.415. The highest BCUT2D eigenvalue weighted by molar-refractivity contribution is 5.83. The van der Waals surface area contributed by atoms with Crippen LogP contribution in [-0.2, 0) is 11.3 Å². The molecule has 0 saturated carbocycles. The topological polar surface area (TPSA) is 111 Å². The summed E-state index contributed by atoms with van der Waals surface area (Å²) in [7, 11) is 1.64. The summed E-state index contributed by atoms with van der Waals surface area (Å²) in [6.45, 7) is 4.26. The molecule has 11 nitrogen and oxygen atoms in total. The van der Waals surface area contributed by atoms with Crippen LogP contribution in [0.15, 0.2) is 53.3 Å². The molecule has 36 heavy (non-hydrogen) atoms. The highest BCUT2D eigenvalue weighted by atomic mass is 16.7. The van der Waals surface area contributed by atoms with Gasteiger partial charge in [0.25, 0.3) is 5.56 Å². The average Bonchev–Trinajstić information content (AvgIpc) is 3.57. The molecule has 0 aliphatic carbocycles. The van der Waals surface area contributed by atoms with Gasteiger partial charge in [-0.2, -0.15) is 0 Å². The summed E-state index contributed by atoms with van der Waals surface area (Å²) < 4.78 is 18.0. The molecule has 0 radical (unpaired) electrons. The molecule has 0 unspecified atom stereocenters. The Balaban J connectivity index is 1.39. The number of H-pyrrole nitrogens is 1. The van der Waals surface area contributed by atoms with Crippen molar-refractivity contribution in [3.63, 3.8) is 0 Å². The second kappa shape index (κ2) is 9.59. The molecule has 2 aromatic carbocycles. The SMILES string of the molecule is COCCn1nnnc1[C@H](c1cc2cc3c(cc2[nH]c1=O)OCO3)N1CCN(c2ccccc2)CC1. The van der Waals surface area contributed by atoms with Gasteiger partial charge in [0.05, 0.1) is 18.7 Å². The molecule has 2 aliphatic heterocycles. The molecule has 4 aromatic rings. The van der Waals surface area contributed by atoms with Crippen LogP contribution < -0.4 is 19.9 Å². The summed E-state index contributed by atoms with van der Waals surface area (Å²) in [5, 5.41) is 13.4. The van der Waals surface area contributed by atoms with Gasteiger partial charge in [-0.1, -0.05) is 18.2 Å². The van der Waals surface area contributed by atoms with Gasteiger partial charge in [-0.05, 0) is 34.7 Å². The number of aromatic nitrogens is 5. The number of aromatic amines is 1. The minimum Gasteiger partial charge on any atom is -0.454 e. The Kier molecular flexibility index (Phi) is 5.99. The predicted octanol–water partition coefficient (Wildman–Crippen LogP) is 1.80. The van der Waals surface area contributed by atoms with Gasteiger partial charge < -0.3 is 24.1 Å². The van der Waals surface area contributed by atoms with Crippen LogP contribution in [0.3, 0.4) is 0 Å². The summed E-state index contributed by atoms with van der Waals surface area (Å²) >= 11 is 0. The number of methoxy groups -OCH3 is 1. The van der Waals surface area contributed by atoms with Gasteiger partial charge in [-0.15, -0.1) is 5.10 Å². The maximum absolute atomic E-state index is 13.5. The molecular formula is C25H27N7O4. The number of benzene rings is 2. The van der Waals surface area contributed by atoms with E-state index in [0.717, 1.165) is 31.6 Å². The number of ether oxygens (including phenoxy) is 3. The number of para-hydroxylation sites is 1. The number of rotatable bonds is 7. The van der Waals surface area contributed by atoms with Crippen LogP contribution in [0, 0.1) is 0 Å². The lowest BCUT2D eigenvalue weighted by Crippen LogP contribution is -2.49. The van der Waals surface area contributed by atoms with Crippen molar-refractivity contribution < 1.29 is 14.2 Å². The van der Waals surface area contributed by atoms with Crippen molar-refractivity contribution in [2.45, 2.75) is 12.6 Å². The Morgan fingerprint density at radius 2 is 1.83 bits per heavy atom. The zero-order valence-electron chi connectivity index (χ0n) is 20.0. The zero-order valence-corrected chi connectivity index (χ0v) is 20.0. The van der Waals surface area contributed by atoms with E-state index >= 15 is 0 Å². The van der Waals surface area contributed by atoms with Crippen LogP contribution >= 0.6 is 0 Å². The number of anilines is 1. The monoisotopic (exact) mass is 489 g/mol. The van der Waals surface area contributed by atoms with Crippen molar-refractivity contribution in [1.29, 1.82) is 0 Å². The van der Waals surface area contributed by atoms with E-state index in [-0.39, 0.29) is 12.4 Å². The Bertz CT molecular complexity index is 1410. The number of piperazine rings is 1. The number of pyridine rings is 1. The van der Waals surface area contributed by atoms with Gasteiger partial charge in [0, 0.05) is 56.0 Å². The van der Waals surface area contributed by atoms with Gasteiger partial charge >= 0.3 is 0 Å². The van der Waals surface area contributed by atoms with Crippen LogP contribution in [-0.4, -0.2) is 76.8 Å². The van der Waals surface area contributed by atoms with E-state index in [0.29, 0.717) is 41.6 Å². The molecule has 2 aliphatic rings. The number of nitrogens with zero attached hydrogens (tertiary/aromatic N) is 6. The number of fused-ring (bicyclic) bond motifs is 2. The third-order valence-corrected chi connectivity index (χ3v) is 6.77. The van der Waals surface area contributed by atoms with E-state index in [2.05, 4.69) is 54.6 Å². The Morgan fingerprint density at radius 3 is 2.61 bits per heavy atom. The van der Waals surface area contributed by atoms with Gasteiger partial charge in [0.1, 0.15) is 6.04 Å². The largest absolute Gasteiger partial charge is 0.454 e. The lowest BCUT2D eigenvalue weighted by molar-refractivity contribution is 0.171. The third kappa shape index (κ3) is 4.16. The highest BCUT2D eigenvalue weighted by Gasteiger charge is 2.33. The summed E-state index contributed by atoms with van der Waals surface area (Å²) in [4.78, 5) is 21.1. The lowest BCUT2D eigenvalue weighted by atomic mass is 10.0. The molecule has 186 valence electrons. The van der Waals surface area contributed by atoms with Crippen molar-refractivity contribution >= 4 is 16.6 Å². The third-order valence-electron chi connectivity index (χ3n) is 6.77. The van der Waals surface area contributed by atoms with Gasteiger partial charge in [-0.3, -0.25) is 9.69 Å². The van der Waals surface area contributed by atoms with Gasteiger partial charge in [0.15, 0.2) is 17.3 Å². The molecule has 0 bridgehead atoms. The number of tetrazole rings is 1. The summed E-state index contributed by atoms with van der Waals surface area (Å²) in [5.41, 5.74) is 2.29. The van der Waals surface area contributed by atoms with Crippen molar-refractivity contribution in [3.05, 3.63) is 70.3 Å². The molecule has 11 heteroatoms. The molecule has 1 N–H and O–H groups in total. The predicted molar refractivity (Wildman–Crippen MR) is 132 cm³/mol. The molecular weight excluding hydrogens is 462 g/mol. The van der Waals surface area contributed by atoms with E-state index in [1.54, 1.807) is 17.9 Å². The fourth-order valence-corrected chi connectivity index (χ4v) is 4.94. The average molecular weight is 490 g/mol. The van der Waals surface area contributed by atoms with E-state index < -0.39 is 6.04 Å². The van der Waals surface area contributed by atoms with Crippen LogP contribution in [0.5, 0.6) is 11.5 Å². The summed E-state index contributed by atoms with van der Waals surface area (Å²) in [5.74, 6) is 1.91. The zero-order chi connectivity index (χ0) is 24.5. The standard InChI is InChI=1S/C25H27N7O4/c1-34-12-11-32-24(27-28-29-32)23(31-9-7-30(8-10-31)18-5-3-2-4-6-18)19-13-17-14-21-22(36-16-35-21)15-20(17)26-25(19)33/h2-6,13-15,23H,7-12,16H2,1H3,(H,26,33)/t23-/m0/s1. The highest BCUT2D eigenvalue weighted by Crippen LogP contribution is 2.36. The van der Waals surface area contributed by atoms with E-state index in [1.807, 2.05) is 18.2 Å². The molecule has 1 saturated heterocycles. The fourth-order valence-electron chi connectivity index (χ4n) is 4.94. The second-order valence-corrected chi connectivity index (χ2v) is 8.86. The first-order chi connectivity index (χ1) is 17.7. The second-order valence-electron chi connectivity index (χ2n) is 8.86. The molecule has 2 aromatic heterocycles. The molecule has 0 spiro atoms. The van der Waals surface area contributed by atoms with Crippen LogP contribution in [0.4, 0.5) is 5.69 Å². The fraction of sp³-hybridized carbons (Fsp3) is 0.360. The smallest absolute Gasteiger partial charge is 0.253 e. The van der Waals surface area contributed by atoms with Crippen molar-refractivity contribution in [1.82, 2.24) is 30.1 Å². The van der Waals surface area contributed by atoms with Gasteiger partial charge in [-0.25, -0.2) is 4.68 Å². The normalized spacial score (nSPS) is 16.5. The minimum absolute atomic E-state index is 0.172. The van der Waals surface area contributed by atoms with E-state index in [1.165, 1.54) is 5.69 Å². The first kappa shape index (κ1) is 22.5. The molecule has 1 atom stereocenters. The summed E-state index contributed by atoms with van der Waals surface area (Å²) in [6, 6.07) is 15.6. The van der Waals surface area contributed by atoms with E-state index in [4.69, 9.17) is 14.2 Å². The molecule has 1 fully saturated rings. The Hall–Kier alpha value is -3.96.